The number of carbonyl (C=O) groups excluding carboxylic acids is 1. The van der Waals surface area contributed by atoms with Gasteiger partial charge in [0.2, 0.25) is 6.79 Å². The molecule has 2 saturated heterocycles. The van der Waals surface area contributed by atoms with Gasteiger partial charge in [-0.15, -0.1) is 0 Å². The number of carbonyl (C=O) groups is 1. The van der Waals surface area contributed by atoms with Crippen LogP contribution in [0.25, 0.3) is 0 Å². The van der Waals surface area contributed by atoms with E-state index in [1.165, 1.54) is 12.1 Å². The lowest BCUT2D eigenvalue weighted by atomic mass is 9.74. The fraction of sp³-hybridized carbons (Fsp3) is 0.480. The van der Waals surface area contributed by atoms with Gasteiger partial charge >= 0.3 is 0 Å². The number of hydrogen-bond donors (Lipinski definition) is 1. The number of amides is 1. The number of hydrogen-bond acceptors (Lipinski definition) is 7. The van der Waals surface area contributed by atoms with E-state index >= 15 is 0 Å². The van der Waals surface area contributed by atoms with E-state index in [0.29, 0.717) is 31.1 Å². The summed E-state index contributed by atoms with van der Waals surface area (Å²) in [7, 11) is 0. The van der Waals surface area contributed by atoms with Crippen LogP contribution in [0.15, 0.2) is 36.4 Å². The number of ether oxygens (including phenoxy) is 3. The standard InChI is InChI=1S/C25H29N3O6/c29-24(20-15-19(28(30)31)5-6-21(20)27-10-2-1-3-11-27)26-16-25(8-12-32-13-9-25)18-4-7-22-23(14-18)34-17-33-22/h4-7,14-15H,1-3,8-13,16-17H2,(H,26,29). The highest BCUT2D eigenvalue weighted by molar-refractivity contribution is 6.00. The Labute approximate surface area is 198 Å². The molecule has 5 rings (SSSR count). The SMILES string of the molecule is O=C(NCC1(c2ccc3c(c2)OCO3)CCOCC1)c1cc([N+](=O)[O-])ccc1N1CCCCC1. The average molecular weight is 468 g/mol. The van der Waals surface area contributed by atoms with Gasteiger partial charge in [-0.25, -0.2) is 0 Å². The largest absolute Gasteiger partial charge is 0.454 e. The van der Waals surface area contributed by atoms with E-state index in [9.17, 15) is 14.9 Å². The molecule has 0 spiro atoms. The maximum atomic E-state index is 13.5. The van der Waals surface area contributed by atoms with Crippen molar-refractivity contribution in [3.63, 3.8) is 0 Å². The van der Waals surface area contributed by atoms with Gasteiger partial charge in [0.15, 0.2) is 11.5 Å². The maximum absolute atomic E-state index is 13.5. The summed E-state index contributed by atoms with van der Waals surface area (Å²) in [6, 6.07) is 10.5. The molecule has 1 N–H and O–H groups in total. The number of benzene rings is 2. The molecule has 3 heterocycles. The van der Waals surface area contributed by atoms with Gasteiger partial charge in [-0.05, 0) is 55.9 Å². The Balaban J connectivity index is 1.41. The Morgan fingerprint density at radius 1 is 1.03 bits per heavy atom. The number of rotatable bonds is 6. The highest BCUT2D eigenvalue weighted by Crippen LogP contribution is 2.40. The summed E-state index contributed by atoms with van der Waals surface area (Å²) in [6.45, 7) is 3.49. The molecule has 0 bridgehead atoms. The minimum atomic E-state index is -0.455. The van der Waals surface area contributed by atoms with E-state index < -0.39 is 4.92 Å². The van der Waals surface area contributed by atoms with Gasteiger partial charge in [0.25, 0.3) is 11.6 Å². The van der Waals surface area contributed by atoms with E-state index in [4.69, 9.17) is 14.2 Å². The first-order chi connectivity index (χ1) is 16.6. The summed E-state index contributed by atoms with van der Waals surface area (Å²) in [4.78, 5) is 26.6. The summed E-state index contributed by atoms with van der Waals surface area (Å²) in [5, 5.41) is 14.5. The number of fused-ring (bicyclic) bond motifs is 1. The molecule has 1 amide bonds. The van der Waals surface area contributed by atoms with Crippen LogP contribution in [0, 0.1) is 10.1 Å². The van der Waals surface area contributed by atoms with E-state index in [1.807, 2.05) is 18.2 Å². The van der Waals surface area contributed by atoms with Crippen molar-refractivity contribution in [1.82, 2.24) is 5.32 Å². The first kappa shape index (κ1) is 22.5. The van der Waals surface area contributed by atoms with Gasteiger partial charge < -0.3 is 24.4 Å². The quantitative estimate of drug-likeness (QED) is 0.509. The first-order valence-electron chi connectivity index (χ1n) is 11.9. The van der Waals surface area contributed by atoms with Gasteiger partial charge in [0.1, 0.15) is 0 Å². The van der Waals surface area contributed by atoms with Crippen molar-refractivity contribution in [2.75, 3.05) is 44.5 Å². The molecule has 2 fully saturated rings. The fourth-order valence-electron chi connectivity index (χ4n) is 5.13. The minimum Gasteiger partial charge on any atom is -0.454 e. The number of anilines is 1. The van der Waals surface area contributed by atoms with Crippen molar-refractivity contribution in [3.05, 3.63) is 57.6 Å². The Morgan fingerprint density at radius 2 is 1.79 bits per heavy atom. The van der Waals surface area contributed by atoms with Crippen LogP contribution in [0.3, 0.4) is 0 Å². The molecule has 34 heavy (non-hydrogen) atoms. The number of non-ortho nitro benzene ring substituents is 1. The van der Waals surface area contributed by atoms with Crippen molar-refractivity contribution >= 4 is 17.3 Å². The van der Waals surface area contributed by atoms with Crippen LogP contribution in [-0.4, -0.2) is 50.5 Å². The molecule has 0 aromatic heterocycles. The van der Waals surface area contributed by atoms with Crippen LogP contribution in [0.5, 0.6) is 11.5 Å². The van der Waals surface area contributed by atoms with Gasteiger partial charge in [0.05, 0.1) is 16.2 Å². The van der Waals surface area contributed by atoms with Gasteiger partial charge in [-0.1, -0.05) is 6.07 Å². The third-order valence-electron chi connectivity index (χ3n) is 7.15. The van der Waals surface area contributed by atoms with Crippen molar-refractivity contribution in [1.29, 1.82) is 0 Å². The normalized spacial score (nSPS) is 19.0. The third kappa shape index (κ3) is 4.40. The molecular formula is C25H29N3O6. The zero-order valence-electron chi connectivity index (χ0n) is 19.1. The molecule has 0 saturated carbocycles. The molecular weight excluding hydrogens is 438 g/mol. The summed E-state index contributed by atoms with van der Waals surface area (Å²) in [5.41, 5.74) is 1.77. The zero-order valence-corrected chi connectivity index (χ0v) is 19.1. The lowest BCUT2D eigenvalue weighted by molar-refractivity contribution is -0.384. The maximum Gasteiger partial charge on any atom is 0.270 e. The second kappa shape index (κ2) is 9.50. The van der Waals surface area contributed by atoms with Crippen LogP contribution < -0.4 is 19.7 Å². The highest BCUT2D eigenvalue weighted by Gasteiger charge is 2.36. The Bertz CT molecular complexity index is 1080. The van der Waals surface area contributed by atoms with Crippen molar-refractivity contribution in [3.8, 4) is 11.5 Å². The van der Waals surface area contributed by atoms with Crippen molar-refractivity contribution in [2.24, 2.45) is 0 Å². The first-order valence-corrected chi connectivity index (χ1v) is 11.9. The lowest BCUT2D eigenvalue weighted by Gasteiger charge is -2.38. The highest BCUT2D eigenvalue weighted by atomic mass is 16.7. The predicted molar refractivity (Wildman–Crippen MR) is 126 cm³/mol. The second-order valence-corrected chi connectivity index (χ2v) is 9.15. The predicted octanol–water partition coefficient (Wildman–Crippen LogP) is 3.79. The van der Waals surface area contributed by atoms with E-state index in [0.717, 1.165) is 62.2 Å². The molecule has 2 aromatic carbocycles. The molecule has 2 aromatic rings. The van der Waals surface area contributed by atoms with E-state index in [-0.39, 0.29) is 23.8 Å². The lowest BCUT2D eigenvalue weighted by Crippen LogP contribution is -2.45. The zero-order chi connectivity index (χ0) is 23.5. The van der Waals surface area contributed by atoms with E-state index in [1.54, 1.807) is 6.07 Å². The van der Waals surface area contributed by atoms with Crippen molar-refractivity contribution in [2.45, 2.75) is 37.5 Å². The molecule has 0 atom stereocenters. The number of piperidine rings is 1. The minimum absolute atomic E-state index is 0.0811. The van der Waals surface area contributed by atoms with Crippen LogP contribution in [0.1, 0.15) is 48.0 Å². The summed E-state index contributed by atoms with van der Waals surface area (Å²) in [6.07, 6.45) is 4.75. The monoisotopic (exact) mass is 467 g/mol. The summed E-state index contributed by atoms with van der Waals surface area (Å²) >= 11 is 0. The third-order valence-corrected chi connectivity index (χ3v) is 7.15. The fourth-order valence-corrected chi connectivity index (χ4v) is 5.13. The Kier molecular flexibility index (Phi) is 6.28. The molecule has 0 unspecified atom stereocenters. The van der Waals surface area contributed by atoms with Crippen LogP contribution >= 0.6 is 0 Å². The van der Waals surface area contributed by atoms with Gasteiger partial charge in [-0.2, -0.15) is 0 Å². The van der Waals surface area contributed by atoms with Gasteiger partial charge in [-0.3, -0.25) is 14.9 Å². The molecule has 9 heteroatoms. The Morgan fingerprint density at radius 3 is 2.56 bits per heavy atom. The van der Waals surface area contributed by atoms with E-state index in [2.05, 4.69) is 10.2 Å². The van der Waals surface area contributed by atoms with Crippen molar-refractivity contribution < 1.29 is 23.9 Å². The molecule has 3 aliphatic rings. The molecule has 180 valence electrons. The second-order valence-electron chi connectivity index (χ2n) is 9.15. The Hall–Kier alpha value is -3.33. The molecule has 3 aliphatic heterocycles. The molecule has 0 radical (unpaired) electrons. The van der Waals surface area contributed by atoms with Gasteiger partial charge in [0, 0.05) is 50.4 Å². The van der Waals surface area contributed by atoms with Crippen LogP contribution in [0.4, 0.5) is 11.4 Å². The average Bonchev–Trinajstić information content (AvgIpc) is 3.36. The molecule has 0 aliphatic carbocycles. The summed E-state index contributed by atoms with van der Waals surface area (Å²) < 4.78 is 16.7. The number of nitro benzene ring substituents is 1. The number of nitro groups is 1. The summed E-state index contributed by atoms with van der Waals surface area (Å²) in [5.74, 6) is 1.13. The molecule has 9 nitrogen and oxygen atoms in total. The number of nitrogens with one attached hydrogen (secondary N) is 1. The topological polar surface area (TPSA) is 103 Å². The van der Waals surface area contributed by atoms with Crippen LogP contribution in [-0.2, 0) is 10.2 Å². The number of nitrogens with zero attached hydrogens (tertiary/aromatic N) is 2. The smallest absolute Gasteiger partial charge is 0.270 e. The van der Waals surface area contributed by atoms with Crippen LogP contribution in [0.2, 0.25) is 0 Å².